The van der Waals surface area contributed by atoms with Crippen LogP contribution in [0.3, 0.4) is 0 Å². The Bertz CT molecular complexity index is 124. The lowest BCUT2D eigenvalue weighted by Crippen LogP contribution is -1.93. The minimum absolute atomic E-state index is 0.375. The Morgan fingerprint density at radius 2 is 2.71 bits per heavy atom. The summed E-state index contributed by atoms with van der Waals surface area (Å²) in [6.45, 7) is 1.38. The Hall–Kier alpha value is -1.04. The van der Waals surface area contributed by atoms with E-state index in [1.54, 1.807) is 0 Å². The van der Waals surface area contributed by atoms with Gasteiger partial charge in [0.25, 0.3) is 0 Å². The van der Waals surface area contributed by atoms with Crippen molar-refractivity contribution in [1.82, 2.24) is 0 Å². The van der Waals surface area contributed by atoms with E-state index in [0.717, 1.165) is 0 Å². The van der Waals surface area contributed by atoms with E-state index in [1.165, 1.54) is 13.0 Å². The van der Waals surface area contributed by atoms with Crippen LogP contribution in [0, 0.1) is 17.9 Å². The first-order valence-corrected chi connectivity index (χ1v) is 1.83. The molecule has 0 saturated heterocycles. The maximum absolute atomic E-state index is 8.09. The average molecular weight is 95.1 g/mol. The molecule has 3 heteroatoms. The zero-order chi connectivity index (χ0) is 5.11. The normalized spacial score (nSPS) is 26.4. The minimum atomic E-state index is -0.375. The third kappa shape index (κ3) is 0.686. The van der Waals surface area contributed by atoms with Crippen molar-refractivity contribution < 1.29 is 4.74 Å². The zero-order valence-corrected chi connectivity index (χ0v) is 3.53. The summed E-state index contributed by atoms with van der Waals surface area (Å²) >= 11 is 0. The van der Waals surface area contributed by atoms with E-state index >= 15 is 0 Å². The van der Waals surface area contributed by atoms with Gasteiger partial charge < -0.3 is 4.74 Å². The van der Waals surface area contributed by atoms with E-state index in [9.17, 15) is 0 Å². The second kappa shape index (κ2) is 1.61. The third-order valence-corrected chi connectivity index (χ3v) is 0.622. The lowest BCUT2D eigenvalue weighted by molar-refractivity contribution is 0.431. The average Bonchev–Trinajstić information content (AvgIpc) is 2.14. The van der Waals surface area contributed by atoms with Crippen molar-refractivity contribution in [3.05, 3.63) is 6.61 Å². The highest BCUT2D eigenvalue weighted by molar-refractivity contribution is 5.51. The molecule has 1 aliphatic rings. The predicted octanol–water partition coefficient (Wildman–Crippen LogP) is 0.0989. The lowest BCUT2D eigenvalue weighted by atomic mass is 10.4. The number of aliphatic imine (C=N–C) groups is 1. The van der Waals surface area contributed by atoms with Gasteiger partial charge in [-0.25, -0.2) is 4.99 Å². The summed E-state index contributed by atoms with van der Waals surface area (Å²) < 4.78 is 4.51. The van der Waals surface area contributed by atoms with Crippen molar-refractivity contribution in [3.8, 4) is 6.07 Å². The molecule has 1 atom stereocenters. The molecule has 0 aromatic carbocycles. The number of hydrogen-bond acceptors (Lipinski definition) is 3. The SMILES string of the molecule is N#CC1[CH]OC=N1. The van der Waals surface area contributed by atoms with Gasteiger partial charge in [0.1, 0.15) is 0 Å². The van der Waals surface area contributed by atoms with E-state index < -0.39 is 0 Å². The molecule has 0 bridgehead atoms. The molecule has 0 fully saturated rings. The van der Waals surface area contributed by atoms with E-state index in [2.05, 4.69) is 9.73 Å². The van der Waals surface area contributed by atoms with Gasteiger partial charge in [-0.2, -0.15) is 5.26 Å². The Morgan fingerprint density at radius 1 is 1.86 bits per heavy atom. The molecule has 7 heavy (non-hydrogen) atoms. The predicted molar refractivity (Wildman–Crippen MR) is 23.3 cm³/mol. The van der Waals surface area contributed by atoms with Crippen molar-refractivity contribution in [2.75, 3.05) is 0 Å². The Labute approximate surface area is 41.2 Å². The van der Waals surface area contributed by atoms with Gasteiger partial charge in [-0.3, -0.25) is 0 Å². The zero-order valence-electron chi connectivity index (χ0n) is 3.53. The van der Waals surface area contributed by atoms with Gasteiger partial charge in [0.05, 0.1) is 6.07 Å². The summed E-state index contributed by atoms with van der Waals surface area (Å²) in [5.74, 6) is 0. The van der Waals surface area contributed by atoms with Gasteiger partial charge >= 0.3 is 0 Å². The molecule has 0 N–H and O–H groups in total. The number of hydrogen-bond donors (Lipinski definition) is 0. The van der Waals surface area contributed by atoms with Gasteiger partial charge in [-0.1, -0.05) is 0 Å². The van der Waals surface area contributed by atoms with E-state index in [0.29, 0.717) is 0 Å². The first-order chi connectivity index (χ1) is 3.43. The summed E-state index contributed by atoms with van der Waals surface area (Å²) in [7, 11) is 0. The van der Waals surface area contributed by atoms with Crippen LogP contribution in [0.2, 0.25) is 0 Å². The standard InChI is InChI=1S/C4H3N2O/c5-1-4-2-7-3-6-4/h2-4H. The summed E-state index contributed by atoms with van der Waals surface area (Å²) in [5.41, 5.74) is 0. The summed E-state index contributed by atoms with van der Waals surface area (Å²) in [6, 6.07) is 1.51. The Balaban J connectivity index is 2.47. The molecule has 0 aromatic heterocycles. The van der Waals surface area contributed by atoms with Gasteiger partial charge in [0, 0.05) is 0 Å². The number of ether oxygens (including phenoxy) is 1. The van der Waals surface area contributed by atoms with Crippen LogP contribution in [0.4, 0.5) is 0 Å². The van der Waals surface area contributed by atoms with E-state index in [4.69, 9.17) is 5.26 Å². The van der Waals surface area contributed by atoms with Gasteiger partial charge in [0.15, 0.2) is 19.0 Å². The second-order valence-corrected chi connectivity index (χ2v) is 1.10. The Morgan fingerprint density at radius 3 is 3.00 bits per heavy atom. The smallest absolute Gasteiger partial charge is 0.180 e. The summed E-state index contributed by atoms with van der Waals surface area (Å²) in [6.07, 6.45) is 1.26. The fourth-order valence-corrected chi connectivity index (χ4v) is 0.309. The van der Waals surface area contributed by atoms with Crippen molar-refractivity contribution in [2.45, 2.75) is 6.04 Å². The van der Waals surface area contributed by atoms with Gasteiger partial charge in [0.2, 0.25) is 0 Å². The Kier molecular flexibility index (Phi) is 0.947. The topological polar surface area (TPSA) is 45.4 Å². The van der Waals surface area contributed by atoms with Crippen molar-refractivity contribution >= 4 is 6.40 Å². The van der Waals surface area contributed by atoms with E-state index in [1.807, 2.05) is 6.07 Å². The highest BCUT2D eigenvalue weighted by Gasteiger charge is 2.08. The molecular weight excluding hydrogens is 92.1 g/mol. The monoisotopic (exact) mass is 95.0 g/mol. The number of nitriles is 1. The highest BCUT2D eigenvalue weighted by atomic mass is 16.5. The second-order valence-electron chi connectivity index (χ2n) is 1.10. The molecule has 1 unspecified atom stereocenters. The molecular formula is C4H3N2O. The number of rotatable bonds is 0. The molecule has 1 radical (unpaired) electrons. The lowest BCUT2D eigenvalue weighted by Gasteiger charge is -1.84. The van der Waals surface area contributed by atoms with Crippen molar-refractivity contribution in [1.29, 1.82) is 5.26 Å². The van der Waals surface area contributed by atoms with Gasteiger partial charge in [-0.05, 0) is 0 Å². The molecule has 1 rings (SSSR count). The van der Waals surface area contributed by atoms with Crippen LogP contribution in [0.1, 0.15) is 0 Å². The van der Waals surface area contributed by atoms with Crippen molar-refractivity contribution in [3.63, 3.8) is 0 Å². The van der Waals surface area contributed by atoms with Crippen LogP contribution >= 0.6 is 0 Å². The molecule has 0 amide bonds. The van der Waals surface area contributed by atoms with Crippen molar-refractivity contribution in [2.24, 2.45) is 4.99 Å². The van der Waals surface area contributed by atoms with Crippen LogP contribution in [0.15, 0.2) is 4.99 Å². The van der Waals surface area contributed by atoms with Crippen LogP contribution in [-0.4, -0.2) is 12.4 Å². The molecule has 0 aliphatic carbocycles. The molecule has 35 valence electrons. The summed E-state index contributed by atoms with van der Waals surface area (Å²) in [4.78, 5) is 3.59. The maximum Gasteiger partial charge on any atom is 0.180 e. The fraction of sp³-hybridized carbons (Fsp3) is 0.250. The van der Waals surface area contributed by atoms with Crippen LogP contribution in [0.5, 0.6) is 0 Å². The molecule has 0 spiro atoms. The first-order valence-electron chi connectivity index (χ1n) is 1.83. The third-order valence-electron chi connectivity index (χ3n) is 0.622. The van der Waals surface area contributed by atoms with Crippen LogP contribution < -0.4 is 0 Å². The molecule has 0 saturated carbocycles. The molecule has 0 aromatic rings. The number of nitrogens with zero attached hydrogens (tertiary/aromatic N) is 2. The minimum Gasteiger partial charge on any atom is -0.473 e. The fourth-order valence-electron chi connectivity index (χ4n) is 0.309. The molecule has 1 heterocycles. The molecule has 3 nitrogen and oxygen atoms in total. The quantitative estimate of drug-likeness (QED) is 0.428. The van der Waals surface area contributed by atoms with Crippen LogP contribution in [0.25, 0.3) is 0 Å². The molecule has 1 aliphatic heterocycles. The van der Waals surface area contributed by atoms with E-state index in [-0.39, 0.29) is 6.04 Å². The van der Waals surface area contributed by atoms with Crippen LogP contribution in [-0.2, 0) is 4.74 Å². The largest absolute Gasteiger partial charge is 0.473 e. The summed E-state index contributed by atoms with van der Waals surface area (Å²) in [5, 5.41) is 8.09. The van der Waals surface area contributed by atoms with Gasteiger partial charge in [-0.15, -0.1) is 0 Å². The maximum atomic E-state index is 8.09. The highest BCUT2D eigenvalue weighted by Crippen LogP contribution is 2.00. The first kappa shape index (κ1) is 4.13.